The zero-order valence-electron chi connectivity index (χ0n) is 14.7. The second-order valence-corrected chi connectivity index (χ2v) is 5.71. The molecule has 0 spiro atoms. The summed E-state index contributed by atoms with van der Waals surface area (Å²) in [4.78, 5) is 11.8. The van der Waals surface area contributed by atoms with E-state index in [0.29, 0.717) is 30.4 Å². The Balaban J connectivity index is 1.57. The molecular weight excluding hydrogens is 351 g/mol. The number of aromatic nitrogens is 4. The number of nitrogens with zero attached hydrogens (tertiary/aromatic N) is 4. The van der Waals surface area contributed by atoms with Crippen molar-refractivity contribution in [1.82, 2.24) is 25.3 Å². The largest absolute Gasteiger partial charge is 0.383 e. The van der Waals surface area contributed by atoms with Gasteiger partial charge in [-0.1, -0.05) is 0 Å². The molecule has 2 heterocycles. The van der Waals surface area contributed by atoms with Crippen molar-refractivity contribution in [3.63, 3.8) is 0 Å². The van der Waals surface area contributed by atoms with Crippen molar-refractivity contribution in [3.8, 4) is 11.3 Å². The number of hydrogen-bond acceptors (Lipinski definition) is 6. The van der Waals surface area contributed by atoms with E-state index >= 15 is 0 Å². The molecule has 2 N–H and O–H groups in total. The van der Waals surface area contributed by atoms with Crippen molar-refractivity contribution < 1.29 is 13.9 Å². The molecular formula is C18H19FN6O2. The second kappa shape index (κ2) is 8.86. The first-order valence-electron chi connectivity index (χ1n) is 8.29. The molecule has 0 aliphatic carbocycles. The molecule has 27 heavy (non-hydrogen) atoms. The molecule has 140 valence electrons. The lowest BCUT2D eigenvalue weighted by Gasteiger charge is -2.05. The fourth-order valence-electron chi connectivity index (χ4n) is 2.33. The summed E-state index contributed by atoms with van der Waals surface area (Å²) in [6.45, 7) is 1.03. The molecule has 0 unspecified atom stereocenters. The number of methoxy groups -OCH3 is 1. The Labute approximate surface area is 155 Å². The predicted octanol–water partition coefficient (Wildman–Crippen LogP) is 1.99. The third kappa shape index (κ3) is 5.32. The van der Waals surface area contributed by atoms with Gasteiger partial charge in [0.05, 0.1) is 24.2 Å². The molecule has 3 aromatic rings. The minimum atomic E-state index is -0.297. The second-order valence-electron chi connectivity index (χ2n) is 5.71. The molecule has 0 aliphatic heterocycles. The van der Waals surface area contributed by atoms with Crippen molar-refractivity contribution in [3.05, 3.63) is 54.6 Å². The highest BCUT2D eigenvalue weighted by molar-refractivity contribution is 5.75. The molecule has 0 aliphatic rings. The highest BCUT2D eigenvalue weighted by atomic mass is 19.1. The fourth-order valence-corrected chi connectivity index (χ4v) is 2.33. The van der Waals surface area contributed by atoms with Gasteiger partial charge in [-0.15, -0.1) is 10.2 Å². The summed E-state index contributed by atoms with van der Waals surface area (Å²) in [5.41, 5.74) is 2.11. The van der Waals surface area contributed by atoms with Crippen molar-refractivity contribution in [1.29, 1.82) is 0 Å². The number of carbonyl (C=O) groups excluding carboxylic acids is 1. The Hall–Kier alpha value is -3.33. The Morgan fingerprint density at radius 3 is 2.70 bits per heavy atom. The van der Waals surface area contributed by atoms with Gasteiger partial charge in [-0.25, -0.2) is 4.39 Å². The molecule has 0 saturated heterocycles. The van der Waals surface area contributed by atoms with Crippen LogP contribution in [-0.4, -0.2) is 46.1 Å². The van der Waals surface area contributed by atoms with Gasteiger partial charge in [0.1, 0.15) is 12.4 Å². The number of rotatable bonds is 8. The molecule has 0 saturated carbocycles. The Morgan fingerprint density at radius 2 is 2.00 bits per heavy atom. The van der Waals surface area contributed by atoms with Gasteiger partial charge in [0.2, 0.25) is 5.91 Å². The van der Waals surface area contributed by atoms with Gasteiger partial charge >= 0.3 is 0 Å². The van der Waals surface area contributed by atoms with Gasteiger partial charge in [-0.3, -0.25) is 9.48 Å². The van der Waals surface area contributed by atoms with Crippen molar-refractivity contribution >= 4 is 17.4 Å². The highest BCUT2D eigenvalue weighted by Gasteiger charge is 2.06. The normalized spacial score (nSPS) is 10.6. The Kier molecular flexibility index (Phi) is 6.06. The quantitative estimate of drug-likeness (QED) is 0.589. The van der Waals surface area contributed by atoms with Gasteiger partial charge in [0.15, 0.2) is 5.82 Å². The van der Waals surface area contributed by atoms with Gasteiger partial charge in [-0.05, 0) is 36.4 Å². The van der Waals surface area contributed by atoms with Crippen LogP contribution in [0.25, 0.3) is 11.3 Å². The standard InChI is InChI=1S/C18H19FN6O2/c1-27-9-8-20-18(26)12-25-11-15(10-21-25)22-17-7-6-16(23-24-17)13-2-4-14(19)5-3-13/h2-7,10-11H,8-9,12H2,1H3,(H,20,26)(H,22,24). The molecule has 3 rings (SSSR count). The summed E-state index contributed by atoms with van der Waals surface area (Å²) in [5.74, 6) is 0.0875. The molecule has 9 heteroatoms. The molecule has 2 aromatic heterocycles. The predicted molar refractivity (Wildman–Crippen MR) is 97.8 cm³/mol. The van der Waals surface area contributed by atoms with E-state index in [1.165, 1.54) is 16.8 Å². The third-order valence-corrected chi connectivity index (χ3v) is 3.64. The van der Waals surface area contributed by atoms with Crippen LogP contribution in [0.5, 0.6) is 0 Å². The summed E-state index contributed by atoms with van der Waals surface area (Å²) in [5, 5.41) is 18.2. The first-order valence-corrected chi connectivity index (χ1v) is 8.29. The molecule has 0 fully saturated rings. The fraction of sp³-hybridized carbons (Fsp3) is 0.222. The van der Waals surface area contributed by atoms with E-state index in [1.807, 2.05) is 0 Å². The molecule has 0 bridgehead atoms. The third-order valence-electron chi connectivity index (χ3n) is 3.64. The number of carbonyl (C=O) groups is 1. The molecule has 8 nitrogen and oxygen atoms in total. The van der Waals surface area contributed by atoms with Crippen LogP contribution in [0.3, 0.4) is 0 Å². The number of benzene rings is 1. The number of halogens is 1. The summed E-state index contributed by atoms with van der Waals surface area (Å²) in [7, 11) is 1.58. The van der Waals surface area contributed by atoms with Gasteiger partial charge < -0.3 is 15.4 Å². The van der Waals surface area contributed by atoms with E-state index in [-0.39, 0.29) is 18.3 Å². The van der Waals surface area contributed by atoms with E-state index in [2.05, 4.69) is 25.9 Å². The van der Waals surface area contributed by atoms with Gasteiger partial charge in [0, 0.05) is 25.4 Å². The summed E-state index contributed by atoms with van der Waals surface area (Å²) >= 11 is 0. The topological polar surface area (TPSA) is 94.0 Å². The number of anilines is 2. The maximum Gasteiger partial charge on any atom is 0.241 e. The van der Waals surface area contributed by atoms with E-state index in [1.54, 1.807) is 43.8 Å². The zero-order valence-corrected chi connectivity index (χ0v) is 14.7. The van der Waals surface area contributed by atoms with E-state index in [0.717, 1.165) is 5.56 Å². The monoisotopic (exact) mass is 370 g/mol. The van der Waals surface area contributed by atoms with Crippen molar-refractivity contribution in [2.45, 2.75) is 6.54 Å². The number of nitrogens with one attached hydrogen (secondary N) is 2. The van der Waals surface area contributed by atoms with Crippen LogP contribution in [-0.2, 0) is 16.1 Å². The van der Waals surface area contributed by atoms with Crippen LogP contribution >= 0.6 is 0 Å². The van der Waals surface area contributed by atoms with Crippen LogP contribution in [0.1, 0.15) is 0 Å². The average molecular weight is 370 g/mol. The summed E-state index contributed by atoms with van der Waals surface area (Å²) < 4.78 is 19.4. The maximum atomic E-state index is 13.0. The molecule has 1 aromatic carbocycles. The lowest BCUT2D eigenvalue weighted by atomic mass is 10.1. The Morgan fingerprint density at radius 1 is 1.19 bits per heavy atom. The van der Waals surface area contributed by atoms with Crippen LogP contribution < -0.4 is 10.6 Å². The molecule has 0 atom stereocenters. The van der Waals surface area contributed by atoms with Crippen molar-refractivity contribution in [2.75, 3.05) is 25.6 Å². The van der Waals surface area contributed by atoms with Crippen LogP contribution in [0.4, 0.5) is 15.9 Å². The highest BCUT2D eigenvalue weighted by Crippen LogP contribution is 2.19. The van der Waals surface area contributed by atoms with Gasteiger partial charge in [0.25, 0.3) is 0 Å². The van der Waals surface area contributed by atoms with E-state index in [4.69, 9.17) is 4.74 Å². The van der Waals surface area contributed by atoms with Crippen LogP contribution in [0, 0.1) is 5.82 Å². The minimum absolute atomic E-state index is 0.112. The molecule has 1 amide bonds. The zero-order chi connectivity index (χ0) is 19.1. The average Bonchev–Trinajstić information content (AvgIpc) is 3.10. The van der Waals surface area contributed by atoms with E-state index < -0.39 is 0 Å². The number of hydrogen-bond donors (Lipinski definition) is 2. The van der Waals surface area contributed by atoms with Crippen LogP contribution in [0.2, 0.25) is 0 Å². The lowest BCUT2D eigenvalue weighted by molar-refractivity contribution is -0.122. The van der Waals surface area contributed by atoms with Crippen LogP contribution in [0.15, 0.2) is 48.8 Å². The van der Waals surface area contributed by atoms with Gasteiger partial charge in [-0.2, -0.15) is 5.10 Å². The van der Waals surface area contributed by atoms with Crippen molar-refractivity contribution in [2.24, 2.45) is 0 Å². The lowest BCUT2D eigenvalue weighted by Crippen LogP contribution is -2.30. The summed E-state index contributed by atoms with van der Waals surface area (Å²) in [6, 6.07) is 9.60. The smallest absolute Gasteiger partial charge is 0.241 e. The first-order chi connectivity index (χ1) is 13.1. The maximum absolute atomic E-state index is 13.0. The first kappa shape index (κ1) is 18.5. The number of amides is 1. The number of ether oxygens (including phenoxy) is 1. The Bertz CT molecular complexity index is 880. The SMILES string of the molecule is COCCNC(=O)Cn1cc(Nc2ccc(-c3ccc(F)cc3)nn2)cn1. The van der Waals surface area contributed by atoms with E-state index in [9.17, 15) is 9.18 Å². The summed E-state index contributed by atoms with van der Waals surface area (Å²) in [6.07, 6.45) is 3.30. The minimum Gasteiger partial charge on any atom is -0.383 e. The molecule has 0 radical (unpaired) electrons.